The van der Waals surface area contributed by atoms with Crippen molar-refractivity contribution in [3.63, 3.8) is 0 Å². The zero-order valence-electron chi connectivity index (χ0n) is 34.3. The van der Waals surface area contributed by atoms with Crippen LogP contribution in [0.1, 0.15) is 129 Å². The predicted octanol–water partition coefficient (Wildman–Crippen LogP) is -0.0686. The third-order valence-electron chi connectivity index (χ3n) is 7.91. The summed E-state index contributed by atoms with van der Waals surface area (Å²) in [6.07, 6.45) is 17.7. The summed E-state index contributed by atoms with van der Waals surface area (Å²) in [6.45, 7) is 7.91. The molecule has 54 heavy (non-hydrogen) atoms. The minimum atomic E-state index is -4.29. The predicted molar refractivity (Wildman–Crippen MR) is 198 cm³/mol. The van der Waals surface area contributed by atoms with E-state index in [1.807, 2.05) is 0 Å². The summed E-state index contributed by atoms with van der Waals surface area (Å²) in [7, 11) is -8.57. The zero-order valence-corrected chi connectivity index (χ0v) is 39.9. The smallest absolute Gasteiger partial charge is 0.748 e. The minimum absolute atomic E-state index is 0. The molecule has 2 unspecified atom stereocenters. The number of rotatable bonds is 43. The molecule has 0 heterocycles. The van der Waals surface area contributed by atoms with Crippen molar-refractivity contribution >= 4 is 20.2 Å². The molecule has 0 spiro atoms. The van der Waals surface area contributed by atoms with Crippen LogP contribution in [-0.4, -0.2) is 129 Å². The van der Waals surface area contributed by atoms with E-state index in [9.17, 15) is 25.9 Å². The third-order valence-corrected chi connectivity index (χ3v) is 9.49. The maximum absolute atomic E-state index is 10.9. The van der Waals surface area contributed by atoms with E-state index in [0.29, 0.717) is 52.9 Å². The van der Waals surface area contributed by atoms with Crippen LogP contribution in [-0.2, 0) is 58.1 Å². The summed E-state index contributed by atoms with van der Waals surface area (Å²) in [6, 6.07) is 0. The quantitative estimate of drug-likeness (QED) is 0.0344. The van der Waals surface area contributed by atoms with Crippen molar-refractivity contribution in [1.82, 2.24) is 0 Å². The van der Waals surface area contributed by atoms with E-state index < -0.39 is 44.3 Å². The number of hydrogen-bond donors (Lipinski definition) is 0. The topological polar surface area (TPSA) is 188 Å². The number of unbranched alkanes of at least 4 members (excludes halogenated alkanes) is 14. The second kappa shape index (κ2) is 44.1. The second-order valence-corrected chi connectivity index (χ2v) is 15.9. The molecule has 0 fully saturated rings. The molecule has 0 saturated carbocycles. The minimum Gasteiger partial charge on any atom is -0.748 e. The van der Waals surface area contributed by atoms with Crippen molar-refractivity contribution in [2.75, 3.05) is 90.8 Å². The Bertz CT molecular complexity index is 889. The Balaban J connectivity index is -0.0000130. The van der Waals surface area contributed by atoms with Gasteiger partial charge < -0.3 is 47.0 Å². The molecule has 0 aliphatic heterocycles. The third kappa shape index (κ3) is 49.6. The first-order chi connectivity index (χ1) is 25.1. The summed E-state index contributed by atoms with van der Waals surface area (Å²) in [5.41, 5.74) is 0. The van der Waals surface area contributed by atoms with Crippen LogP contribution in [0, 0.1) is 0 Å². The SMILES string of the molecule is CCCCCCCCCCOC(COCCOCCOCCOCC(OCCCCCCCCCC)OCCCS(=O)(=O)[O-])OCCCS(=O)(=O)[O-].[Na+].[Na+]. The van der Waals surface area contributed by atoms with Gasteiger partial charge in [-0.3, -0.25) is 0 Å². The van der Waals surface area contributed by atoms with Crippen molar-refractivity contribution in [3.8, 4) is 0 Å². The molecule has 0 N–H and O–H groups in total. The van der Waals surface area contributed by atoms with Crippen molar-refractivity contribution in [2.24, 2.45) is 0 Å². The number of ether oxygens (including phenoxy) is 8. The Morgan fingerprint density at radius 3 is 0.926 bits per heavy atom. The number of hydrogen-bond acceptors (Lipinski definition) is 14. The van der Waals surface area contributed by atoms with E-state index in [4.69, 9.17) is 37.9 Å². The second-order valence-electron chi connectivity index (χ2n) is 12.9. The first-order valence-electron chi connectivity index (χ1n) is 19.7. The van der Waals surface area contributed by atoms with Crippen molar-refractivity contribution < 1.29 is 123 Å². The Labute approximate surface area is 373 Å². The fourth-order valence-corrected chi connectivity index (χ4v) is 5.95. The van der Waals surface area contributed by atoms with Gasteiger partial charge in [0.1, 0.15) is 0 Å². The zero-order chi connectivity index (χ0) is 38.4. The van der Waals surface area contributed by atoms with Gasteiger partial charge in [-0.15, -0.1) is 0 Å². The molecule has 18 heteroatoms. The molecule has 0 aliphatic carbocycles. The maximum atomic E-state index is 10.9. The van der Waals surface area contributed by atoms with Crippen molar-refractivity contribution in [1.29, 1.82) is 0 Å². The molecule has 314 valence electrons. The summed E-state index contributed by atoms with van der Waals surface area (Å²) in [4.78, 5) is 0. The van der Waals surface area contributed by atoms with Crippen molar-refractivity contribution in [2.45, 2.75) is 142 Å². The summed E-state index contributed by atoms with van der Waals surface area (Å²) >= 11 is 0. The van der Waals surface area contributed by atoms with Gasteiger partial charge in [-0.05, 0) is 25.7 Å². The van der Waals surface area contributed by atoms with Crippen LogP contribution >= 0.6 is 0 Å². The van der Waals surface area contributed by atoms with E-state index in [0.717, 1.165) is 38.5 Å². The molecule has 0 radical (unpaired) electrons. The van der Waals surface area contributed by atoms with Gasteiger partial charge >= 0.3 is 59.1 Å². The fraction of sp³-hybridized carbons (Fsp3) is 1.00. The standard InChI is InChI=1S/C36H74O14S2.2Na/c1-3-5-7-9-11-13-15-17-21-47-35(49-23-19-31-51(37,38)39)33-45-29-27-43-25-26-44-28-30-46-34-36(50-24-20-32-52(40,41)42)48-22-18-16-14-12-10-8-6-4-2;;/h35-36H,3-34H2,1-2H3,(H,37,38,39)(H,40,41,42);;/q;2*+1/p-2. The Kier molecular flexibility index (Phi) is 48.8. The molecule has 0 rings (SSSR count). The van der Waals surface area contributed by atoms with Crippen LogP contribution < -0.4 is 59.1 Å². The maximum Gasteiger partial charge on any atom is 1.00 e. The molecule has 0 aromatic carbocycles. The van der Waals surface area contributed by atoms with Crippen LogP contribution in [0.3, 0.4) is 0 Å². The van der Waals surface area contributed by atoms with E-state index in [1.165, 1.54) is 64.2 Å². The van der Waals surface area contributed by atoms with E-state index in [1.54, 1.807) is 0 Å². The average Bonchev–Trinajstić information content (AvgIpc) is 3.09. The van der Waals surface area contributed by atoms with E-state index in [2.05, 4.69) is 13.8 Å². The average molecular weight is 839 g/mol. The van der Waals surface area contributed by atoms with Crippen LogP contribution in [0.15, 0.2) is 0 Å². The Morgan fingerprint density at radius 2 is 0.630 bits per heavy atom. The molecule has 0 aromatic rings. The molecular formula is C36H72Na2O14S2. The molecule has 0 saturated heterocycles. The molecule has 0 amide bonds. The first-order valence-corrected chi connectivity index (χ1v) is 22.9. The Morgan fingerprint density at radius 1 is 0.370 bits per heavy atom. The van der Waals surface area contributed by atoms with Gasteiger partial charge in [0.05, 0.1) is 86.3 Å². The van der Waals surface area contributed by atoms with Gasteiger partial charge in [0, 0.05) is 24.7 Å². The fourth-order valence-electron chi connectivity index (χ4n) is 5.01. The van der Waals surface area contributed by atoms with E-state index in [-0.39, 0.29) is 98.4 Å². The molecule has 0 aliphatic rings. The van der Waals surface area contributed by atoms with Gasteiger partial charge in [0.25, 0.3) is 0 Å². The van der Waals surface area contributed by atoms with Crippen LogP contribution in [0.2, 0.25) is 0 Å². The monoisotopic (exact) mass is 838 g/mol. The molecule has 14 nitrogen and oxygen atoms in total. The van der Waals surface area contributed by atoms with Crippen LogP contribution in [0.5, 0.6) is 0 Å². The van der Waals surface area contributed by atoms with E-state index >= 15 is 0 Å². The van der Waals surface area contributed by atoms with Gasteiger partial charge in [0.2, 0.25) is 0 Å². The molecule has 2 atom stereocenters. The van der Waals surface area contributed by atoms with Gasteiger partial charge in [-0.25, -0.2) is 16.8 Å². The van der Waals surface area contributed by atoms with Crippen molar-refractivity contribution in [3.05, 3.63) is 0 Å². The summed E-state index contributed by atoms with van der Waals surface area (Å²) in [5.74, 6) is -0.965. The normalized spacial score (nSPS) is 13.0. The summed E-state index contributed by atoms with van der Waals surface area (Å²) < 4.78 is 110. The van der Waals surface area contributed by atoms with Crippen LogP contribution in [0.25, 0.3) is 0 Å². The molecular weight excluding hydrogens is 766 g/mol. The molecule has 0 bridgehead atoms. The Hall–Kier alpha value is 1.50. The van der Waals surface area contributed by atoms with Gasteiger partial charge in [0.15, 0.2) is 12.6 Å². The summed E-state index contributed by atoms with van der Waals surface area (Å²) in [5, 5.41) is 0. The molecule has 0 aromatic heterocycles. The van der Waals surface area contributed by atoms with Crippen LogP contribution in [0.4, 0.5) is 0 Å². The van der Waals surface area contributed by atoms with Gasteiger partial charge in [-0.1, -0.05) is 104 Å². The first kappa shape index (κ1) is 59.8. The van der Waals surface area contributed by atoms with Gasteiger partial charge in [-0.2, -0.15) is 0 Å². The largest absolute Gasteiger partial charge is 1.00 e.